The molecule has 10 nitrogen and oxygen atoms in total. The average molecular weight is 877 g/mol. The number of nitrogens with zero attached hydrogens (tertiary/aromatic N) is 1. The Morgan fingerprint density at radius 1 is 0.708 bits per heavy atom. The molecule has 0 radical (unpaired) electrons. The van der Waals surface area contributed by atoms with Crippen LogP contribution in [0.4, 0.5) is 4.79 Å². The highest BCUT2D eigenvalue weighted by molar-refractivity contribution is 5.88. The van der Waals surface area contributed by atoms with Crippen LogP contribution in [0.3, 0.4) is 0 Å². The summed E-state index contributed by atoms with van der Waals surface area (Å²) in [6, 6.07) is 29.8. The SMILES string of the molecule is COC(=O)/C=C/c1ccc2c(c1)CCCC2N(CCc1c(C)[nH]c2ccccc12)C(=O)OC(C)(C)C.COC(=O)/C=C/c1ccc2c(c1)CCCC2NCCc1c(C)[nH]c2ccccc12. The largest absolute Gasteiger partial charge is 0.466 e. The Bertz CT molecular complexity index is 2700. The summed E-state index contributed by atoms with van der Waals surface area (Å²) in [5.74, 6) is -0.705. The minimum absolute atomic E-state index is 0.0623. The zero-order valence-corrected chi connectivity index (χ0v) is 39.0. The third-order valence-electron chi connectivity index (χ3n) is 12.6. The van der Waals surface area contributed by atoms with Gasteiger partial charge in [0.05, 0.1) is 20.3 Å². The summed E-state index contributed by atoms with van der Waals surface area (Å²) in [4.78, 5) is 45.2. The Morgan fingerprint density at radius 3 is 1.80 bits per heavy atom. The summed E-state index contributed by atoms with van der Waals surface area (Å²) in [6.45, 7) is 11.5. The molecule has 4 aromatic carbocycles. The number of carbonyl (C=O) groups is 3. The third kappa shape index (κ3) is 11.7. The lowest BCUT2D eigenvalue weighted by molar-refractivity contribution is -0.135. The molecule has 2 heterocycles. The molecule has 2 unspecified atom stereocenters. The Morgan fingerprint density at radius 2 is 1.23 bits per heavy atom. The van der Waals surface area contributed by atoms with Gasteiger partial charge >= 0.3 is 18.0 Å². The Balaban J connectivity index is 0.000000198. The number of rotatable bonds is 12. The van der Waals surface area contributed by atoms with Crippen molar-refractivity contribution in [3.8, 4) is 0 Å². The van der Waals surface area contributed by atoms with E-state index in [0.717, 1.165) is 79.4 Å². The van der Waals surface area contributed by atoms with E-state index in [1.165, 1.54) is 82.6 Å². The van der Waals surface area contributed by atoms with Gasteiger partial charge in [-0.05, 0) is 161 Å². The highest BCUT2D eigenvalue weighted by Crippen LogP contribution is 2.37. The van der Waals surface area contributed by atoms with E-state index in [2.05, 4.69) is 101 Å². The van der Waals surface area contributed by atoms with E-state index in [1.807, 2.05) is 49.9 Å². The fourth-order valence-corrected chi connectivity index (χ4v) is 9.46. The van der Waals surface area contributed by atoms with Crippen LogP contribution in [0, 0.1) is 13.8 Å². The maximum Gasteiger partial charge on any atom is 0.410 e. The average Bonchev–Trinajstić information content (AvgIpc) is 3.80. The standard InChI is InChI=1S/C30H36N2O4.C25H28N2O2/c1-20-23(25-10-6-7-11-26(25)31-20)17-18-32(29(34)36-30(2,3)4)27-12-8-9-22-19-21(13-15-24(22)27)14-16-28(33)35-5;1-17-20(22-7-3-4-8-24(22)27-17)14-15-26-23-9-5-6-19-16-18(10-12-21(19)23)11-13-25(28)29-2/h6-7,10-11,13-16,19,27,31H,8-9,12,17-18H2,1-5H3;3-4,7-8,10-13,16,23,26-27H,5-6,9,14-15H2,1-2H3/b16-14+;13-11+. The highest BCUT2D eigenvalue weighted by atomic mass is 16.6. The number of methoxy groups -OCH3 is 2. The van der Waals surface area contributed by atoms with Crippen molar-refractivity contribution in [3.05, 3.63) is 153 Å². The number of hydrogen-bond donors (Lipinski definition) is 3. The monoisotopic (exact) mass is 876 g/mol. The molecule has 10 heteroatoms. The molecule has 0 spiro atoms. The van der Waals surface area contributed by atoms with E-state index < -0.39 is 5.60 Å². The van der Waals surface area contributed by atoms with Crippen LogP contribution in [-0.2, 0) is 49.5 Å². The van der Waals surface area contributed by atoms with Gasteiger partial charge in [0.2, 0.25) is 0 Å². The highest BCUT2D eigenvalue weighted by Gasteiger charge is 2.32. The summed E-state index contributed by atoms with van der Waals surface area (Å²) in [6.07, 6.45) is 14.2. The molecule has 8 rings (SSSR count). The molecule has 2 atom stereocenters. The van der Waals surface area contributed by atoms with E-state index in [1.54, 1.807) is 6.08 Å². The van der Waals surface area contributed by atoms with Gasteiger partial charge in [-0.25, -0.2) is 14.4 Å². The van der Waals surface area contributed by atoms with Crippen molar-refractivity contribution in [2.75, 3.05) is 27.3 Å². The van der Waals surface area contributed by atoms with E-state index in [0.29, 0.717) is 12.6 Å². The fraction of sp³-hybridized carbons (Fsp3) is 0.364. The van der Waals surface area contributed by atoms with Crippen LogP contribution in [0.25, 0.3) is 34.0 Å². The maximum absolute atomic E-state index is 13.5. The number of aromatic amines is 2. The van der Waals surface area contributed by atoms with E-state index in [9.17, 15) is 14.4 Å². The summed E-state index contributed by atoms with van der Waals surface area (Å²) in [5.41, 5.74) is 13.9. The molecular formula is C55H64N4O6. The Labute approximate surface area is 383 Å². The van der Waals surface area contributed by atoms with Gasteiger partial charge in [0.25, 0.3) is 0 Å². The molecule has 3 N–H and O–H groups in total. The number of hydrogen-bond acceptors (Lipinski definition) is 7. The lowest BCUT2D eigenvalue weighted by atomic mass is 9.85. The number of aromatic nitrogens is 2. The van der Waals surface area contributed by atoms with Crippen molar-refractivity contribution in [2.24, 2.45) is 0 Å². The second-order valence-electron chi connectivity index (χ2n) is 18.2. The summed E-state index contributed by atoms with van der Waals surface area (Å²) in [5, 5.41) is 6.31. The molecule has 6 aromatic rings. The third-order valence-corrected chi connectivity index (χ3v) is 12.6. The van der Waals surface area contributed by atoms with Crippen molar-refractivity contribution >= 4 is 52.0 Å². The van der Waals surface area contributed by atoms with Gasteiger partial charge in [-0.3, -0.25) is 0 Å². The van der Waals surface area contributed by atoms with Crippen molar-refractivity contribution in [2.45, 2.75) is 104 Å². The van der Waals surface area contributed by atoms with Crippen molar-refractivity contribution in [1.82, 2.24) is 20.2 Å². The predicted molar refractivity (Wildman–Crippen MR) is 261 cm³/mol. The van der Waals surface area contributed by atoms with E-state index >= 15 is 0 Å². The molecular weight excluding hydrogens is 813 g/mol. The smallest absolute Gasteiger partial charge is 0.410 e. The molecule has 0 bridgehead atoms. The summed E-state index contributed by atoms with van der Waals surface area (Å²) in [7, 11) is 2.76. The number of fused-ring (bicyclic) bond motifs is 4. The fourth-order valence-electron chi connectivity index (χ4n) is 9.46. The Kier molecular flexibility index (Phi) is 15.1. The molecule has 2 aliphatic carbocycles. The first-order valence-electron chi connectivity index (χ1n) is 22.9. The number of esters is 2. The molecule has 0 saturated carbocycles. The lowest BCUT2D eigenvalue weighted by Gasteiger charge is -2.37. The lowest BCUT2D eigenvalue weighted by Crippen LogP contribution is -2.41. The van der Waals surface area contributed by atoms with Crippen molar-refractivity contribution < 1.29 is 28.6 Å². The second-order valence-corrected chi connectivity index (χ2v) is 18.2. The van der Waals surface area contributed by atoms with E-state index in [-0.39, 0.29) is 24.1 Å². The number of ether oxygens (including phenoxy) is 3. The topological polar surface area (TPSA) is 126 Å². The number of benzene rings is 4. The minimum Gasteiger partial charge on any atom is -0.466 e. The van der Waals surface area contributed by atoms with Crippen LogP contribution in [0.1, 0.15) is 114 Å². The van der Waals surface area contributed by atoms with Crippen LogP contribution in [0.5, 0.6) is 0 Å². The van der Waals surface area contributed by atoms with Gasteiger partial charge in [-0.2, -0.15) is 0 Å². The zero-order chi connectivity index (χ0) is 46.1. The number of carbonyl (C=O) groups excluding carboxylic acids is 3. The first-order valence-corrected chi connectivity index (χ1v) is 22.9. The Hall–Kier alpha value is -6.39. The molecule has 0 fully saturated rings. The van der Waals surface area contributed by atoms with Gasteiger partial charge in [0, 0.05) is 57.9 Å². The second kappa shape index (κ2) is 21.1. The van der Waals surface area contributed by atoms with Gasteiger partial charge in [0.1, 0.15) is 5.60 Å². The zero-order valence-electron chi connectivity index (χ0n) is 39.0. The van der Waals surface area contributed by atoms with Gasteiger partial charge in [-0.15, -0.1) is 0 Å². The molecule has 65 heavy (non-hydrogen) atoms. The number of para-hydroxylation sites is 2. The van der Waals surface area contributed by atoms with Crippen LogP contribution >= 0.6 is 0 Å². The van der Waals surface area contributed by atoms with Gasteiger partial charge < -0.3 is 34.4 Å². The molecule has 340 valence electrons. The number of aryl methyl sites for hydroxylation is 4. The van der Waals surface area contributed by atoms with Gasteiger partial charge in [-0.1, -0.05) is 72.8 Å². The van der Waals surface area contributed by atoms with Crippen molar-refractivity contribution in [1.29, 1.82) is 0 Å². The molecule has 2 aliphatic rings. The number of nitrogens with one attached hydrogen (secondary N) is 3. The minimum atomic E-state index is -0.577. The van der Waals surface area contributed by atoms with Crippen LogP contribution < -0.4 is 5.32 Å². The predicted octanol–water partition coefficient (Wildman–Crippen LogP) is 11.4. The maximum atomic E-state index is 13.5. The van der Waals surface area contributed by atoms with Crippen LogP contribution in [0.2, 0.25) is 0 Å². The van der Waals surface area contributed by atoms with Crippen molar-refractivity contribution in [3.63, 3.8) is 0 Å². The molecule has 1 amide bonds. The van der Waals surface area contributed by atoms with Gasteiger partial charge in [0.15, 0.2) is 0 Å². The normalized spacial score (nSPS) is 15.9. The first-order chi connectivity index (χ1) is 31.3. The van der Waals surface area contributed by atoms with E-state index in [4.69, 9.17) is 9.47 Å². The molecule has 0 aliphatic heterocycles. The summed E-state index contributed by atoms with van der Waals surface area (Å²) >= 11 is 0. The first kappa shape index (κ1) is 46.6. The molecule has 0 saturated heterocycles. The molecule has 2 aromatic heterocycles. The van der Waals surface area contributed by atoms with Crippen LogP contribution in [0.15, 0.2) is 97.1 Å². The van der Waals surface area contributed by atoms with Crippen LogP contribution in [-0.4, -0.2) is 65.8 Å². The quantitative estimate of drug-likeness (QED) is 0.0635. The summed E-state index contributed by atoms with van der Waals surface area (Å²) < 4.78 is 15.3. The number of amides is 1. The number of H-pyrrole nitrogens is 2.